The van der Waals surface area contributed by atoms with E-state index in [-0.39, 0.29) is 0 Å². The number of nitrogens with zero attached hydrogens (tertiary/aromatic N) is 2. The summed E-state index contributed by atoms with van der Waals surface area (Å²) in [5, 5.41) is 3.57. The molecule has 2 heterocycles. The summed E-state index contributed by atoms with van der Waals surface area (Å²) >= 11 is 0. The van der Waals surface area contributed by atoms with Gasteiger partial charge in [-0.05, 0) is 57.0 Å². The minimum atomic E-state index is 0.699. The van der Waals surface area contributed by atoms with E-state index in [0.29, 0.717) is 6.04 Å². The first-order valence-electron chi connectivity index (χ1n) is 7.16. The number of hydrogen-bond donors (Lipinski definition) is 1. The fraction of sp³-hybridized carbons (Fsp3) is 0.667. The molecule has 1 aliphatic rings. The molecule has 1 saturated heterocycles. The van der Waals surface area contributed by atoms with Crippen LogP contribution in [0.1, 0.15) is 32.3 Å². The number of nitrogens with one attached hydrogen (secondary N) is 1. The summed E-state index contributed by atoms with van der Waals surface area (Å²) in [6.07, 6.45) is 7.48. The molecule has 0 radical (unpaired) electrons. The lowest BCUT2D eigenvalue weighted by atomic mass is 9.97. The Morgan fingerprint density at radius 3 is 2.83 bits per heavy atom. The monoisotopic (exact) mass is 247 g/mol. The van der Waals surface area contributed by atoms with Gasteiger partial charge in [-0.1, -0.05) is 6.92 Å². The zero-order chi connectivity index (χ0) is 12.8. The van der Waals surface area contributed by atoms with Crippen molar-refractivity contribution in [1.29, 1.82) is 0 Å². The van der Waals surface area contributed by atoms with Gasteiger partial charge in [0, 0.05) is 31.0 Å². The summed E-state index contributed by atoms with van der Waals surface area (Å²) in [6.45, 7) is 8.04. The third-order valence-electron chi connectivity index (χ3n) is 3.94. The van der Waals surface area contributed by atoms with Crippen molar-refractivity contribution in [3.05, 3.63) is 30.1 Å². The molecule has 3 heteroatoms. The van der Waals surface area contributed by atoms with E-state index in [2.05, 4.69) is 41.2 Å². The summed E-state index contributed by atoms with van der Waals surface area (Å²) in [4.78, 5) is 6.68. The van der Waals surface area contributed by atoms with Crippen molar-refractivity contribution in [3.63, 3.8) is 0 Å². The average molecular weight is 247 g/mol. The maximum atomic E-state index is 4.06. The van der Waals surface area contributed by atoms with Crippen LogP contribution in [0.2, 0.25) is 0 Å². The molecule has 3 nitrogen and oxygen atoms in total. The second-order valence-electron chi connectivity index (χ2n) is 5.27. The highest BCUT2D eigenvalue weighted by Crippen LogP contribution is 2.17. The zero-order valence-corrected chi connectivity index (χ0v) is 11.6. The van der Waals surface area contributed by atoms with Crippen LogP contribution >= 0.6 is 0 Å². The van der Waals surface area contributed by atoms with Gasteiger partial charge < -0.3 is 10.2 Å². The Morgan fingerprint density at radius 2 is 2.17 bits per heavy atom. The van der Waals surface area contributed by atoms with E-state index in [1.807, 2.05) is 12.4 Å². The van der Waals surface area contributed by atoms with E-state index in [4.69, 9.17) is 0 Å². The molecule has 18 heavy (non-hydrogen) atoms. The van der Waals surface area contributed by atoms with Gasteiger partial charge in [0.1, 0.15) is 0 Å². The van der Waals surface area contributed by atoms with Gasteiger partial charge in [0.15, 0.2) is 0 Å². The molecule has 1 aromatic rings. The predicted molar refractivity (Wildman–Crippen MR) is 75.7 cm³/mol. The van der Waals surface area contributed by atoms with Gasteiger partial charge in [-0.25, -0.2) is 0 Å². The lowest BCUT2D eigenvalue weighted by Gasteiger charge is -2.38. The first kappa shape index (κ1) is 13.5. The zero-order valence-electron chi connectivity index (χ0n) is 11.6. The van der Waals surface area contributed by atoms with Crippen LogP contribution in [0.3, 0.4) is 0 Å². The quantitative estimate of drug-likeness (QED) is 0.863. The highest BCUT2D eigenvalue weighted by molar-refractivity contribution is 5.10. The largest absolute Gasteiger partial charge is 0.314 e. The highest BCUT2D eigenvalue weighted by Gasteiger charge is 2.24. The summed E-state index contributed by atoms with van der Waals surface area (Å²) in [6, 6.07) is 5.67. The summed E-state index contributed by atoms with van der Waals surface area (Å²) < 4.78 is 0. The number of pyridine rings is 1. The van der Waals surface area contributed by atoms with E-state index >= 15 is 0 Å². The first-order chi connectivity index (χ1) is 8.79. The molecule has 1 N–H and O–H groups in total. The normalized spacial score (nSPS) is 25.2. The lowest BCUT2D eigenvalue weighted by molar-refractivity contribution is 0.138. The number of hydrogen-bond acceptors (Lipinski definition) is 3. The van der Waals surface area contributed by atoms with E-state index in [0.717, 1.165) is 19.0 Å². The Morgan fingerprint density at radius 1 is 1.39 bits per heavy atom. The van der Waals surface area contributed by atoms with E-state index in [9.17, 15) is 0 Å². The van der Waals surface area contributed by atoms with Crippen LogP contribution in [0.5, 0.6) is 0 Å². The van der Waals surface area contributed by atoms with Crippen molar-refractivity contribution in [2.75, 3.05) is 19.6 Å². The standard InChI is InChI=1S/C15H25N3/c1-3-17-15-7-11-18(13(2)12-15)10-6-14-4-8-16-9-5-14/h4-5,8-9,13,15,17H,3,6-7,10-12H2,1-2H3. The molecule has 2 rings (SSSR count). The average Bonchev–Trinajstić information content (AvgIpc) is 2.39. The first-order valence-corrected chi connectivity index (χ1v) is 7.16. The number of aromatic nitrogens is 1. The number of rotatable bonds is 5. The molecule has 0 bridgehead atoms. The van der Waals surface area contributed by atoms with Crippen LogP contribution in [0.4, 0.5) is 0 Å². The van der Waals surface area contributed by atoms with Crippen molar-refractivity contribution in [2.24, 2.45) is 0 Å². The predicted octanol–water partition coefficient (Wildman–Crippen LogP) is 2.09. The molecule has 2 unspecified atom stereocenters. The lowest BCUT2D eigenvalue weighted by Crippen LogP contribution is -2.47. The molecule has 0 aromatic carbocycles. The molecule has 0 spiro atoms. The van der Waals surface area contributed by atoms with E-state index in [1.54, 1.807) is 0 Å². The molecule has 1 aliphatic heterocycles. The fourth-order valence-corrected chi connectivity index (χ4v) is 2.85. The topological polar surface area (TPSA) is 28.2 Å². The van der Waals surface area contributed by atoms with E-state index < -0.39 is 0 Å². The maximum Gasteiger partial charge on any atom is 0.0270 e. The molecular weight excluding hydrogens is 222 g/mol. The molecule has 0 amide bonds. The van der Waals surface area contributed by atoms with Crippen molar-refractivity contribution in [3.8, 4) is 0 Å². The second-order valence-corrected chi connectivity index (χ2v) is 5.27. The van der Waals surface area contributed by atoms with Gasteiger partial charge in [0.25, 0.3) is 0 Å². The fourth-order valence-electron chi connectivity index (χ4n) is 2.85. The van der Waals surface area contributed by atoms with Crippen LogP contribution < -0.4 is 5.32 Å². The van der Waals surface area contributed by atoms with Gasteiger partial charge in [0.05, 0.1) is 0 Å². The second kappa shape index (κ2) is 6.86. The van der Waals surface area contributed by atoms with Gasteiger partial charge in [0.2, 0.25) is 0 Å². The van der Waals surface area contributed by atoms with Crippen LogP contribution in [-0.4, -0.2) is 41.6 Å². The van der Waals surface area contributed by atoms with Crippen LogP contribution in [0.25, 0.3) is 0 Å². The highest BCUT2D eigenvalue weighted by atomic mass is 15.2. The minimum absolute atomic E-state index is 0.699. The third kappa shape index (κ3) is 3.79. The molecular formula is C15H25N3. The van der Waals surface area contributed by atoms with Crippen LogP contribution in [0.15, 0.2) is 24.5 Å². The van der Waals surface area contributed by atoms with Crippen molar-refractivity contribution in [1.82, 2.24) is 15.2 Å². The Labute approximate surface area is 111 Å². The Kier molecular flexibility index (Phi) is 5.14. The van der Waals surface area contributed by atoms with Gasteiger partial charge >= 0.3 is 0 Å². The SMILES string of the molecule is CCNC1CCN(CCc2ccncc2)C(C)C1. The molecule has 0 saturated carbocycles. The molecule has 0 aliphatic carbocycles. The van der Waals surface area contributed by atoms with Crippen molar-refractivity contribution >= 4 is 0 Å². The molecule has 1 aromatic heterocycles. The van der Waals surface area contributed by atoms with Crippen LogP contribution in [0, 0.1) is 0 Å². The molecule has 1 fully saturated rings. The molecule has 2 atom stereocenters. The Balaban J connectivity index is 1.77. The van der Waals surface area contributed by atoms with E-state index in [1.165, 1.54) is 31.5 Å². The van der Waals surface area contributed by atoms with Crippen LogP contribution in [-0.2, 0) is 6.42 Å². The summed E-state index contributed by atoms with van der Waals surface area (Å²) in [5.74, 6) is 0. The number of piperidine rings is 1. The minimum Gasteiger partial charge on any atom is -0.314 e. The van der Waals surface area contributed by atoms with Gasteiger partial charge in [-0.3, -0.25) is 4.98 Å². The maximum absolute atomic E-state index is 4.06. The third-order valence-corrected chi connectivity index (χ3v) is 3.94. The Hall–Kier alpha value is -0.930. The van der Waals surface area contributed by atoms with Gasteiger partial charge in [-0.15, -0.1) is 0 Å². The smallest absolute Gasteiger partial charge is 0.0270 e. The summed E-state index contributed by atoms with van der Waals surface area (Å²) in [7, 11) is 0. The number of likely N-dealkylation sites (tertiary alicyclic amines) is 1. The molecule has 100 valence electrons. The van der Waals surface area contributed by atoms with Gasteiger partial charge in [-0.2, -0.15) is 0 Å². The summed E-state index contributed by atoms with van der Waals surface area (Å²) in [5.41, 5.74) is 1.39. The van der Waals surface area contributed by atoms with Crippen molar-refractivity contribution < 1.29 is 0 Å². The van der Waals surface area contributed by atoms with Crippen molar-refractivity contribution in [2.45, 2.75) is 45.2 Å². The Bertz CT molecular complexity index is 339.